The van der Waals surface area contributed by atoms with Crippen LogP contribution in [0.15, 0.2) is 47.0 Å². The number of nitrogens with zero attached hydrogens (tertiary/aromatic N) is 1. The maximum absolute atomic E-state index is 12.4. The molecule has 0 aromatic heterocycles. The fourth-order valence-corrected chi connectivity index (χ4v) is 2.45. The highest BCUT2D eigenvalue weighted by molar-refractivity contribution is 5.83. The van der Waals surface area contributed by atoms with Gasteiger partial charge in [0.1, 0.15) is 0 Å². The Morgan fingerprint density at radius 2 is 1.91 bits per heavy atom. The zero-order chi connectivity index (χ0) is 17.3. The first-order valence-electron chi connectivity index (χ1n) is 8.21. The molecule has 0 N–H and O–H groups in total. The number of allylic oxidation sites excluding steroid dienone is 1. The first-order chi connectivity index (χ1) is 10.9. The molecular formula is C20H29NO2. The lowest BCUT2D eigenvalue weighted by Gasteiger charge is -2.30. The lowest BCUT2D eigenvalue weighted by atomic mass is 9.83. The van der Waals surface area contributed by atoms with Crippen LogP contribution in [0.4, 0.5) is 0 Å². The van der Waals surface area contributed by atoms with Crippen molar-refractivity contribution in [2.24, 2.45) is 10.9 Å². The predicted molar refractivity (Wildman–Crippen MR) is 96.9 cm³/mol. The summed E-state index contributed by atoms with van der Waals surface area (Å²) >= 11 is 0. The molecule has 0 amide bonds. The average Bonchev–Trinajstić information content (AvgIpc) is 2.54. The van der Waals surface area contributed by atoms with Crippen LogP contribution < -0.4 is 0 Å². The van der Waals surface area contributed by atoms with Crippen LogP contribution >= 0.6 is 0 Å². The van der Waals surface area contributed by atoms with Crippen LogP contribution in [0.2, 0.25) is 0 Å². The Kier molecular flexibility index (Phi) is 7.73. The van der Waals surface area contributed by atoms with E-state index in [-0.39, 0.29) is 11.9 Å². The van der Waals surface area contributed by atoms with Gasteiger partial charge in [-0.1, -0.05) is 55.8 Å². The van der Waals surface area contributed by atoms with Crippen molar-refractivity contribution >= 4 is 12.2 Å². The van der Waals surface area contributed by atoms with Crippen molar-refractivity contribution in [3.63, 3.8) is 0 Å². The van der Waals surface area contributed by atoms with Gasteiger partial charge in [-0.05, 0) is 38.2 Å². The van der Waals surface area contributed by atoms with E-state index in [2.05, 4.69) is 23.2 Å². The minimum Gasteiger partial charge on any atom is -0.467 e. The molecule has 0 aliphatic carbocycles. The standard InChI is InChI=1S/C20H29NO2/c1-16(2)13-14-20(17(3)4,19(22)23-5)21-15-9-12-18-10-7-6-8-11-18/h6-8,10-11,13,15,17H,9,12,14H2,1-5H3/t20-/m1/s1. The van der Waals surface area contributed by atoms with E-state index in [1.54, 1.807) is 0 Å². The highest BCUT2D eigenvalue weighted by Crippen LogP contribution is 2.29. The minimum absolute atomic E-state index is 0.0681. The summed E-state index contributed by atoms with van der Waals surface area (Å²) in [6, 6.07) is 10.3. The number of hydrogen-bond donors (Lipinski definition) is 0. The van der Waals surface area contributed by atoms with Crippen molar-refractivity contribution in [1.82, 2.24) is 0 Å². The second kappa shape index (κ2) is 9.29. The number of aryl methyl sites for hydroxylation is 1. The Morgan fingerprint density at radius 3 is 2.43 bits per heavy atom. The Labute approximate surface area is 140 Å². The molecule has 3 nitrogen and oxygen atoms in total. The number of carbonyl (C=O) groups is 1. The van der Waals surface area contributed by atoms with Crippen LogP contribution in [0.3, 0.4) is 0 Å². The second-order valence-corrected chi connectivity index (χ2v) is 6.39. The SMILES string of the molecule is COC(=O)[C@](CC=C(C)C)(N=CCCc1ccccc1)C(C)C. The smallest absolute Gasteiger partial charge is 0.334 e. The minimum atomic E-state index is -0.831. The zero-order valence-electron chi connectivity index (χ0n) is 15.0. The molecule has 3 heteroatoms. The van der Waals surface area contributed by atoms with E-state index in [4.69, 9.17) is 4.74 Å². The van der Waals surface area contributed by atoms with Gasteiger partial charge in [0.15, 0.2) is 5.54 Å². The van der Waals surface area contributed by atoms with E-state index in [1.807, 2.05) is 52.1 Å². The van der Waals surface area contributed by atoms with Crippen LogP contribution in [0, 0.1) is 5.92 Å². The van der Waals surface area contributed by atoms with E-state index in [0.717, 1.165) is 12.8 Å². The van der Waals surface area contributed by atoms with Gasteiger partial charge in [-0.3, -0.25) is 4.99 Å². The Morgan fingerprint density at radius 1 is 1.26 bits per heavy atom. The molecule has 0 radical (unpaired) electrons. The molecular weight excluding hydrogens is 286 g/mol. The van der Waals surface area contributed by atoms with Crippen molar-refractivity contribution in [1.29, 1.82) is 0 Å². The molecule has 126 valence electrons. The molecule has 1 aromatic carbocycles. The molecule has 23 heavy (non-hydrogen) atoms. The lowest BCUT2D eigenvalue weighted by Crippen LogP contribution is -2.42. The van der Waals surface area contributed by atoms with Gasteiger partial charge in [-0.25, -0.2) is 4.79 Å². The van der Waals surface area contributed by atoms with Crippen LogP contribution in [0.1, 0.15) is 46.1 Å². The van der Waals surface area contributed by atoms with Crippen molar-refractivity contribution in [3.8, 4) is 0 Å². The molecule has 0 heterocycles. The third kappa shape index (κ3) is 5.66. The topological polar surface area (TPSA) is 38.7 Å². The van der Waals surface area contributed by atoms with E-state index in [1.165, 1.54) is 18.2 Å². The monoisotopic (exact) mass is 315 g/mol. The number of benzene rings is 1. The van der Waals surface area contributed by atoms with Gasteiger partial charge >= 0.3 is 5.97 Å². The van der Waals surface area contributed by atoms with Gasteiger partial charge in [-0.15, -0.1) is 0 Å². The Hall–Kier alpha value is -1.90. The first kappa shape index (κ1) is 19.1. The van der Waals surface area contributed by atoms with E-state index < -0.39 is 5.54 Å². The molecule has 0 aliphatic heterocycles. The van der Waals surface area contributed by atoms with Crippen molar-refractivity contribution in [2.45, 2.75) is 52.5 Å². The number of aliphatic imine (C=N–C) groups is 1. The summed E-state index contributed by atoms with van der Waals surface area (Å²) in [7, 11) is 1.43. The largest absolute Gasteiger partial charge is 0.467 e. The number of ether oxygens (including phenoxy) is 1. The maximum Gasteiger partial charge on any atom is 0.334 e. The van der Waals surface area contributed by atoms with Crippen LogP contribution in [-0.2, 0) is 16.0 Å². The normalized spacial score (nSPS) is 13.8. The van der Waals surface area contributed by atoms with Crippen LogP contribution in [0.5, 0.6) is 0 Å². The van der Waals surface area contributed by atoms with Gasteiger partial charge in [0, 0.05) is 12.6 Å². The Bertz CT molecular complexity index is 542. The molecule has 0 saturated heterocycles. The van der Waals surface area contributed by atoms with E-state index >= 15 is 0 Å². The number of methoxy groups -OCH3 is 1. The molecule has 0 bridgehead atoms. The fourth-order valence-electron chi connectivity index (χ4n) is 2.45. The van der Waals surface area contributed by atoms with Gasteiger partial charge in [0.25, 0.3) is 0 Å². The molecule has 0 saturated carbocycles. The van der Waals surface area contributed by atoms with E-state index in [9.17, 15) is 4.79 Å². The van der Waals surface area contributed by atoms with Crippen molar-refractivity contribution in [2.75, 3.05) is 7.11 Å². The van der Waals surface area contributed by atoms with Gasteiger partial charge in [0.2, 0.25) is 0 Å². The third-order valence-electron chi connectivity index (χ3n) is 4.04. The third-order valence-corrected chi connectivity index (χ3v) is 4.04. The molecule has 1 rings (SSSR count). The number of hydrogen-bond acceptors (Lipinski definition) is 3. The molecule has 0 unspecified atom stereocenters. The summed E-state index contributed by atoms with van der Waals surface area (Å²) in [5.41, 5.74) is 1.62. The van der Waals surface area contributed by atoms with Gasteiger partial charge in [-0.2, -0.15) is 0 Å². The van der Waals surface area contributed by atoms with Crippen LogP contribution in [-0.4, -0.2) is 24.8 Å². The fraction of sp³-hybridized carbons (Fsp3) is 0.500. The summed E-state index contributed by atoms with van der Waals surface area (Å²) in [5, 5.41) is 0. The summed E-state index contributed by atoms with van der Waals surface area (Å²) in [6.45, 7) is 8.09. The quantitative estimate of drug-likeness (QED) is 0.399. The molecule has 0 aliphatic rings. The highest BCUT2D eigenvalue weighted by Gasteiger charge is 2.41. The van der Waals surface area contributed by atoms with Crippen molar-refractivity contribution in [3.05, 3.63) is 47.5 Å². The zero-order valence-corrected chi connectivity index (χ0v) is 15.0. The summed E-state index contributed by atoms with van der Waals surface area (Å²) in [4.78, 5) is 17.1. The Balaban J connectivity index is 2.88. The summed E-state index contributed by atoms with van der Waals surface area (Å²) in [6.07, 6.45) is 6.24. The van der Waals surface area contributed by atoms with E-state index in [0.29, 0.717) is 6.42 Å². The second-order valence-electron chi connectivity index (χ2n) is 6.39. The molecule has 1 atom stereocenters. The molecule has 0 spiro atoms. The maximum atomic E-state index is 12.4. The van der Waals surface area contributed by atoms with Crippen LogP contribution in [0.25, 0.3) is 0 Å². The predicted octanol–water partition coefficient (Wildman–Crippen LogP) is 4.61. The van der Waals surface area contributed by atoms with Crippen molar-refractivity contribution < 1.29 is 9.53 Å². The lowest BCUT2D eigenvalue weighted by molar-refractivity contribution is -0.148. The number of rotatable bonds is 8. The number of esters is 1. The number of carbonyl (C=O) groups excluding carboxylic acids is 1. The first-order valence-corrected chi connectivity index (χ1v) is 8.21. The van der Waals surface area contributed by atoms with Gasteiger partial charge < -0.3 is 4.74 Å². The molecule has 0 fully saturated rings. The average molecular weight is 315 g/mol. The van der Waals surface area contributed by atoms with Gasteiger partial charge in [0.05, 0.1) is 7.11 Å². The molecule has 1 aromatic rings. The highest BCUT2D eigenvalue weighted by atomic mass is 16.5. The summed E-state index contributed by atoms with van der Waals surface area (Å²) in [5.74, 6) is -0.195. The summed E-state index contributed by atoms with van der Waals surface area (Å²) < 4.78 is 5.04.